The summed E-state index contributed by atoms with van der Waals surface area (Å²) in [6, 6.07) is -0.700. The van der Waals surface area contributed by atoms with Crippen molar-refractivity contribution in [2.24, 2.45) is 0 Å². The number of carboxylic acid groups (broad SMARTS) is 1. The molecule has 1 atom stereocenters. The molecule has 0 aromatic carbocycles. The molecule has 0 aromatic rings. The number of aliphatic carboxylic acids is 1. The Morgan fingerprint density at radius 3 is 2.82 bits per heavy atom. The number of rotatable bonds is 6. The summed E-state index contributed by atoms with van der Waals surface area (Å²) < 4.78 is 0. The number of nitrogens with one attached hydrogen (secondary N) is 1. The molecule has 0 rings (SSSR count). The van der Waals surface area contributed by atoms with E-state index in [4.69, 9.17) is 5.11 Å². The van der Waals surface area contributed by atoms with E-state index in [-0.39, 0.29) is 0 Å². The SMILES string of the molecule is C[Se]CC[C@H](NC=O)C(=O)O. The normalized spacial score (nSPS) is 12.1. The van der Waals surface area contributed by atoms with Crippen LogP contribution in [0.25, 0.3) is 0 Å². The van der Waals surface area contributed by atoms with E-state index in [1.165, 1.54) is 0 Å². The third-order valence-electron chi connectivity index (χ3n) is 1.18. The zero-order valence-electron chi connectivity index (χ0n) is 6.24. The van der Waals surface area contributed by atoms with Crippen molar-refractivity contribution in [3.8, 4) is 0 Å². The van der Waals surface area contributed by atoms with Crippen molar-refractivity contribution in [2.45, 2.75) is 23.6 Å². The average molecular weight is 224 g/mol. The Hall–Kier alpha value is -0.541. The van der Waals surface area contributed by atoms with Crippen LogP contribution in [-0.4, -0.2) is 38.5 Å². The Bertz CT molecular complexity index is 140. The zero-order valence-corrected chi connectivity index (χ0v) is 7.95. The van der Waals surface area contributed by atoms with Gasteiger partial charge < -0.3 is 0 Å². The van der Waals surface area contributed by atoms with E-state index >= 15 is 0 Å². The van der Waals surface area contributed by atoms with Gasteiger partial charge in [-0.2, -0.15) is 0 Å². The van der Waals surface area contributed by atoms with Gasteiger partial charge in [-0.05, 0) is 0 Å². The van der Waals surface area contributed by atoms with Crippen LogP contribution >= 0.6 is 0 Å². The second-order valence-corrected chi connectivity index (χ2v) is 4.02. The van der Waals surface area contributed by atoms with Crippen molar-refractivity contribution in [2.75, 3.05) is 0 Å². The fourth-order valence-electron chi connectivity index (χ4n) is 0.596. The van der Waals surface area contributed by atoms with Crippen LogP contribution in [0.1, 0.15) is 6.42 Å². The second-order valence-electron chi connectivity index (χ2n) is 1.96. The van der Waals surface area contributed by atoms with Gasteiger partial charge in [0.1, 0.15) is 0 Å². The van der Waals surface area contributed by atoms with Crippen LogP contribution in [0.2, 0.25) is 11.1 Å². The molecule has 0 aliphatic heterocycles. The topological polar surface area (TPSA) is 66.4 Å². The van der Waals surface area contributed by atoms with Crippen molar-refractivity contribution >= 4 is 27.3 Å². The molecule has 11 heavy (non-hydrogen) atoms. The molecule has 4 nitrogen and oxygen atoms in total. The van der Waals surface area contributed by atoms with E-state index in [9.17, 15) is 9.59 Å². The third-order valence-corrected chi connectivity index (χ3v) is 2.53. The Kier molecular flexibility index (Phi) is 5.88. The molecule has 0 aliphatic rings. The fourth-order valence-corrected chi connectivity index (χ4v) is 1.58. The molecule has 0 radical (unpaired) electrons. The molecule has 0 saturated heterocycles. The third kappa shape index (κ3) is 4.81. The van der Waals surface area contributed by atoms with Crippen molar-refractivity contribution in [1.82, 2.24) is 5.32 Å². The number of hydrogen-bond acceptors (Lipinski definition) is 2. The van der Waals surface area contributed by atoms with Gasteiger partial charge in [0, 0.05) is 0 Å². The molecule has 0 unspecified atom stereocenters. The molecule has 0 bridgehead atoms. The minimum absolute atomic E-state index is 0.432. The Morgan fingerprint density at radius 1 is 1.82 bits per heavy atom. The van der Waals surface area contributed by atoms with E-state index in [1.54, 1.807) is 0 Å². The van der Waals surface area contributed by atoms with Crippen LogP contribution in [-0.2, 0) is 9.59 Å². The van der Waals surface area contributed by atoms with E-state index in [0.717, 1.165) is 5.32 Å². The monoisotopic (exact) mass is 225 g/mol. The maximum absolute atomic E-state index is 10.4. The second kappa shape index (κ2) is 6.19. The molecule has 0 aromatic heterocycles. The van der Waals surface area contributed by atoms with Crippen molar-refractivity contribution in [1.29, 1.82) is 0 Å². The standard InChI is InChI=1S/C6H11NO3Se/c1-11-3-2-5(6(9)10)7-4-8/h4-5H,2-3H2,1H3,(H,7,8)(H,9,10)/t5-/m0/s1. The van der Waals surface area contributed by atoms with Gasteiger partial charge in [0.2, 0.25) is 0 Å². The Morgan fingerprint density at radius 2 is 2.45 bits per heavy atom. The zero-order chi connectivity index (χ0) is 8.69. The van der Waals surface area contributed by atoms with Crippen LogP contribution in [0.4, 0.5) is 0 Å². The summed E-state index contributed by atoms with van der Waals surface area (Å²) in [5.41, 5.74) is 0. The molecule has 64 valence electrons. The predicted octanol–water partition coefficient (Wildman–Crippen LogP) is -0.254. The quantitative estimate of drug-likeness (QED) is 0.482. The molecule has 5 heteroatoms. The molecular weight excluding hydrogens is 213 g/mol. The average Bonchev–Trinajstić information content (AvgIpc) is 1.97. The van der Waals surface area contributed by atoms with Gasteiger partial charge in [-0.25, -0.2) is 0 Å². The van der Waals surface area contributed by atoms with Gasteiger partial charge in [0.25, 0.3) is 0 Å². The molecular formula is C6H11NO3Se. The van der Waals surface area contributed by atoms with Crippen molar-refractivity contribution in [3.05, 3.63) is 0 Å². The predicted molar refractivity (Wildman–Crippen MR) is 41.7 cm³/mol. The summed E-state index contributed by atoms with van der Waals surface area (Å²) in [4.78, 5) is 20.3. The van der Waals surface area contributed by atoms with Crippen LogP contribution in [0.5, 0.6) is 0 Å². The minimum atomic E-state index is -0.957. The molecule has 0 spiro atoms. The van der Waals surface area contributed by atoms with Crippen LogP contribution in [0.15, 0.2) is 0 Å². The van der Waals surface area contributed by atoms with Gasteiger partial charge in [-0.1, -0.05) is 0 Å². The summed E-state index contributed by atoms with van der Waals surface area (Å²) >= 11 is 0.471. The fraction of sp³-hybridized carbons (Fsp3) is 0.667. The van der Waals surface area contributed by atoms with E-state index in [1.807, 2.05) is 5.82 Å². The van der Waals surface area contributed by atoms with Gasteiger partial charge in [0.15, 0.2) is 0 Å². The number of carboxylic acids is 1. The first kappa shape index (κ1) is 10.5. The van der Waals surface area contributed by atoms with Crippen LogP contribution in [0.3, 0.4) is 0 Å². The first-order valence-electron chi connectivity index (χ1n) is 3.13. The van der Waals surface area contributed by atoms with Crippen molar-refractivity contribution in [3.63, 3.8) is 0 Å². The molecule has 0 saturated carbocycles. The van der Waals surface area contributed by atoms with Crippen molar-refractivity contribution < 1.29 is 14.7 Å². The summed E-state index contributed by atoms with van der Waals surface area (Å²) in [6.45, 7) is 0. The summed E-state index contributed by atoms with van der Waals surface area (Å²) in [5, 5.41) is 11.6. The molecule has 0 heterocycles. The van der Waals surface area contributed by atoms with E-state index in [2.05, 4.69) is 5.32 Å². The van der Waals surface area contributed by atoms with Gasteiger partial charge in [-0.15, -0.1) is 0 Å². The van der Waals surface area contributed by atoms with Gasteiger partial charge in [0.05, 0.1) is 0 Å². The van der Waals surface area contributed by atoms with Crippen LogP contribution < -0.4 is 5.32 Å². The van der Waals surface area contributed by atoms with E-state index < -0.39 is 12.0 Å². The first-order valence-corrected chi connectivity index (χ1v) is 6.06. The molecule has 0 aliphatic carbocycles. The Labute approximate surface area is 71.5 Å². The number of carbonyl (C=O) groups excluding carboxylic acids is 1. The molecule has 2 N–H and O–H groups in total. The molecule has 0 fully saturated rings. The summed E-state index contributed by atoms with van der Waals surface area (Å²) in [7, 11) is 0. The maximum atomic E-state index is 10.4. The van der Waals surface area contributed by atoms with Gasteiger partial charge >= 0.3 is 71.0 Å². The van der Waals surface area contributed by atoms with Crippen LogP contribution in [0, 0.1) is 0 Å². The summed E-state index contributed by atoms with van der Waals surface area (Å²) in [6.07, 6.45) is 0.964. The number of hydrogen-bond donors (Lipinski definition) is 2. The molecule has 1 amide bonds. The first-order chi connectivity index (χ1) is 5.22. The number of amides is 1. The van der Waals surface area contributed by atoms with Gasteiger partial charge in [-0.3, -0.25) is 0 Å². The Balaban J connectivity index is 3.69. The van der Waals surface area contributed by atoms with E-state index in [0.29, 0.717) is 27.8 Å². The summed E-state index contributed by atoms with van der Waals surface area (Å²) in [5.74, 6) is 1.08. The number of carbonyl (C=O) groups is 2.